The second kappa shape index (κ2) is 8.96. The van der Waals surface area contributed by atoms with E-state index in [0.29, 0.717) is 17.5 Å². The lowest BCUT2D eigenvalue weighted by Gasteiger charge is -2.17. The van der Waals surface area contributed by atoms with Gasteiger partial charge in [0.05, 0.1) is 19.0 Å². The normalized spacial score (nSPS) is 10.4. The number of aromatic nitrogens is 2. The van der Waals surface area contributed by atoms with Crippen LogP contribution >= 0.6 is 23.4 Å². The summed E-state index contributed by atoms with van der Waals surface area (Å²) in [5, 5.41) is 20.7. The molecule has 9 heteroatoms. The third-order valence-electron chi connectivity index (χ3n) is 2.25. The number of aliphatic hydroxyl groups is 2. The third-order valence-corrected chi connectivity index (χ3v) is 3.29. The molecule has 0 unspecified atom stereocenters. The van der Waals surface area contributed by atoms with E-state index in [-0.39, 0.29) is 36.6 Å². The number of thioether (sulfide) groups is 1. The lowest BCUT2D eigenvalue weighted by molar-refractivity contribution is -0.118. The van der Waals surface area contributed by atoms with Crippen molar-refractivity contribution in [2.24, 2.45) is 0 Å². The molecule has 0 aliphatic heterocycles. The Labute approximate surface area is 126 Å². The molecule has 0 fully saturated rings. The van der Waals surface area contributed by atoms with E-state index in [1.165, 1.54) is 0 Å². The molecule has 0 aliphatic rings. The number of rotatable bonds is 8. The average Bonchev–Trinajstić information content (AvgIpc) is 2.42. The first-order chi connectivity index (χ1) is 9.56. The molecule has 0 saturated heterocycles. The Kier molecular flexibility index (Phi) is 7.60. The number of hydrogen-bond donors (Lipinski definition) is 3. The number of amides is 1. The van der Waals surface area contributed by atoms with Crippen molar-refractivity contribution < 1.29 is 15.0 Å². The maximum atomic E-state index is 11.4. The summed E-state index contributed by atoms with van der Waals surface area (Å²) in [4.78, 5) is 21.4. The van der Waals surface area contributed by atoms with Gasteiger partial charge in [-0.25, -0.2) is 9.97 Å². The van der Waals surface area contributed by atoms with E-state index in [4.69, 9.17) is 21.8 Å². The van der Waals surface area contributed by atoms with Gasteiger partial charge in [0.25, 0.3) is 0 Å². The number of nitrogens with zero attached hydrogens (tertiary/aromatic N) is 3. The van der Waals surface area contributed by atoms with Gasteiger partial charge in [0.1, 0.15) is 11.0 Å². The summed E-state index contributed by atoms with van der Waals surface area (Å²) in [5.74, 6) is 0.513. The van der Waals surface area contributed by atoms with E-state index >= 15 is 0 Å². The summed E-state index contributed by atoms with van der Waals surface area (Å²) in [6.07, 6.45) is 0. The minimum atomic E-state index is -0.210. The molecule has 20 heavy (non-hydrogen) atoms. The minimum Gasteiger partial charge on any atom is -0.395 e. The molecule has 112 valence electrons. The molecule has 0 atom stereocenters. The second-order valence-corrected chi connectivity index (χ2v) is 5.17. The highest BCUT2D eigenvalue weighted by Crippen LogP contribution is 2.20. The van der Waals surface area contributed by atoms with Crippen LogP contribution in [-0.4, -0.2) is 65.2 Å². The van der Waals surface area contributed by atoms with Crippen LogP contribution in [0, 0.1) is 0 Å². The number of aliphatic hydroxyl groups excluding tert-OH is 2. The van der Waals surface area contributed by atoms with Gasteiger partial charge in [-0.05, 0) is 0 Å². The maximum Gasteiger partial charge on any atom is 0.230 e. The Balaban J connectivity index is 2.63. The number of likely N-dealkylation sites (N-methyl/N-ethyl adjacent to an activating group) is 1. The van der Waals surface area contributed by atoms with Crippen LogP contribution < -0.4 is 10.2 Å². The molecule has 1 aromatic heterocycles. The number of carbonyl (C=O) groups is 1. The molecule has 0 aromatic carbocycles. The molecule has 3 N–H and O–H groups in total. The highest BCUT2D eigenvalue weighted by molar-refractivity contribution is 7.99. The van der Waals surface area contributed by atoms with Crippen LogP contribution in [0.25, 0.3) is 0 Å². The van der Waals surface area contributed by atoms with E-state index in [2.05, 4.69) is 15.3 Å². The largest absolute Gasteiger partial charge is 0.395 e. The van der Waals surface area contributed by atoms with Gasteiger partial charge in [0, 0.05) is 26.2 Å². The molecular weight excluding hydrogens is 304 g/mol. The van der Waals surface area contributed by atoms with E-state index in [0.717, 1.165) is 11.8 Å². The highest BCUT2D eigenvalue weighted by Gasteiger charge is 2.09. The van der Waals surface area contributed by atoms with Crippen molar-refractivity contribution in [2.75, 3.05) is 44.0 Å². The van der Waals surface area contributed by atoms with Crippen LogP contribution in [0.2, 0.25) is 5.15 Å². The smallest absolute Gasteiger partial charge is 0.230 e. The van der Waals surface area contributed by atoms with E-state index < -0.39 is 0 Å². The van der Waals surface area contributed by atoms with Gasteiger partial charge in [-0.1, -0.05) is 23.4 Å². The number of anilines is 1. The van der Waals surface area contributed by atoms with E-state index in [1.807, 2.05) is 0 Å². The van der Waals surface area contributed by atoms with Gasteiger partial charge < -0.3 is 20.4 Å². The lowest BCUT2D eigenvalue weighted by atomic mass is 10.5. The van der Waals surface area contributed by atoms with Crippen molar-refractivity contribution in [3.63, 3.8) is 0 Å². The van der Waals surface area contributed by atoms with Crippen molar-refractivity contribution in [3.8, 4) is 0 Å². The zero-order valence-electron chi connectivity index (χ0n) is 11.0. The fourth-order valence-electron chi connectivity index (χ4n) is 1.29. The van der Waals surface area contributed by atoms with Crippen LogP contribution in [0.3, 0.4) is 0 Å². The Bertz CT molecular complexity index is 450. The van der Waals surface area contributed by atoms with Crippen LogP contribution in [0.5, 0.6) is 0 Å². The molecule has 0 bridgehead atoms. The van der Waals surface area contributed by atoms with Crippen molar-refractivity contribution in [3.05, 3.63) is 11.2 Å². The molecule has 1 amide bonds. The third kappa shape index (κ3) is 5.91. The van der Waals surface area contributed by atoms with Crippen LogP contribution in [0.15, 0.2) is 11.2 Å². The summed E-state index contributed by atoms with van der Waals surface area (Å²) < 4.78 is 0. The first-order valence-electron chi connectivity index (χ1n) is 5.93. The average molecular weight is 321 g/mol. The second-order valence-electron chi connectivity index (χ2n) is 3.84. The molecule has 1 aromatic rings. The SMILES string of the molecule is CN(CCO)c1cc(Cl)nc(SCC(=O)NCCO)n1. The minimum absolute atomic E-state index is 0.00413. The fraction of sp³-hybridized carbons (Fsp3) is 0.545. The molecule has 0 saturated carbocycles. The van der Waals surface area contributed by atoms with Gasteiger partial charge >= 0.3 is 0 Å². The van der Waals surface area contributed by atoms with Crippen molar-refractivity contribution >= 4 is 35.1 Å². The van der Waals surface area contributed by atoms with Gasteiger partial charge in [0.15, 0.2) is 5.16 Å². The maximum absolute atomic E-state index is 11.4. The molecule has 0 spiro atoms. The molecule has 1 heterocycles. The summed E-state index contributed by atoms with van der Waals surface area (Å²) in [7, 11) is 1.78. The Morgan fingerprint density at radius 3 is 2.85 bits per heavy atom. The summed E-state index contributed by atoms with van der Waals surface area (Å²) in [5.41, 5.74) is 0. The first kappa shape index (κ1) is 17.0. The van der Waals surface area contributed by atoms with Gasteiger partial charge in [-0.15, -0.1) is 0 Å². The number of nitrogens with one attached hydrogen (secondary N) is 1. The summed E-state index contributed by atoms with van der Waals surface area (Å²) in [6.45, 7) is 0.555. The molecule has 0 radical (unpaired) electrons. The monoisotopic (exact) mass is 320 g/mol. The Morgan fingerprint density at radius 1 is 1.45 bits per heavy atom. The summed E-state index contributed by atoms with van der Waals surface area (Å²) >= 11 is 7.06. The van der Waals surface area contributed by atoms with Gasteiger partial charge in [-0.3, -0.25) is 4.79 Å². The van der Waals surface area contributed by atoms with Crippen LogP contribution in [0.4, 0.5) is 5.82 Å². The zero-order chi connectivity index (χ0) is 15.0. The predicted octanol–water partition coefficient (Wildman–Crippen LogP) is -0.241. The highest BCUT2D eigenvalue weighted by atomic mass is 35.5. The summed E-state index contributed by atoms with van der Waals surface area (Å²) in [6, 6.07) is 1.59. The van der Waals surface area contributed by atoms with Crippen LogP contribution in [-0.2, 0) is 4.79 Å². The van der Waals surface area contributed by atoms with E-state index in [1.54, 1.807) is 18.0 Å². The van der Waals surface area contributed by atoms with Gasteiger partial charge in [0.2, 0.25) is 5.91 Å². The van der Waals surface area contributed by atoms with Crippen molar-refractivity contribution in [1.82, 2.24) is 15.3 Å². The van der Waals surface area contributed by atoms with E-state index in [9.17, 15) is 4.79 Å². The Hall–Kier alpha value is -1.09. The quantitative estimate of drug-likeness (QED) is 0.345. The Morgan fingerprint density at radius 2 is 2.20 bits per heavy atom. The van der Waals surface area contributed by atoms with Crippen molar-refractivity contribution in [2.45, 2.75) is 5.16 Å². The number of hydrogen-bond acceptors (Lipinski definition) is 7. The fourth-order valence-corrected chi connectivity index (χ4v) is 2.20. The van der Waals surface area contributed by atoms with Crippen molar-refractivity contribution in [1.29, 1.82) is 0 Å². The standard InChI is InChI=1S/C11H17ClN4O3S/c1-16(3-5-18)9-6-8(12)14-11(15-9)20-7-10(19)13-2-4-17/h6,17-18H,2-5,7H2,1H3,(H,13,19). The molecule has 1 rings (SSSR count). The molecule has 7 nitrogen and oxygen atoms in total. The first-order valence-corrected chi connectivity index (χ1v) is 7.30. The number of carbonyl (C=O) groups excluding carboxylic acids is 1. The lowest BCUT2D eigenvalue weighted by Crippen LogP contribution is -2.28. The topological polar surface area (TPSA) is 98.6 Å². The van der Waals surface area contributed by atoms with Gasteiger partial charge in [-0.2, -0.15) is 0 Å². The van der Waals surface area contributed by atoms with Crippen LogP contribution in [0.1, 0.15) is 0 Å². The molecule has 0 aliphatic carbocycles. The number of halogens is 1. The zero-order valence-corrected chi connectivity index (χ0v) is 12.6. The molecular formula is C11H17ClN4O3S. The predicted molar refractivity (Wildman–Crippen MR) is 78.2 cm³/mol.